The molecule has 150 valence electrons. The zero-order valence-corrected chi connectivity index (χ0v) is 19.4. The van der Waals surface area contributed by atoms with Gasteiger partial charge in [-0.1, -0.05) is 13.3 Å². The third kappa shape index (κ3) is 12.8. The monoisotopic (exact) mass is 488 g/mol. The Labute approximate surface area is 171 Å². The molecule has 2 unspecified atom stereocenters. The molecule has 2 atom stereocenters. The summed E-state index contributed by atoms with van der Waals surface area (Å²) in [5, 5.41) is 6.56. The fourth-order valence-corrected chi connectivity index (χ4v) is 3.69. The van der Waals surface area contributed by atoms with Crippen LogP contribution in [-0.2, 0) is 9.84 Å². The molecule has 6 nitrogen and oxygen atoms in total. The van der Waals surface area contributed by atoms with Gasteiger partial charge >= 0.3 is 0 Å². The van der Waals surface area contributed by atoms with Crippen LogP contribution in [0.25, 0.3) is 0 Å². The largest absolute Gasteiger partial charge is 0.357 e. The highest BCUT2D eigenvalue weighted by Gasteiger charge is 2.14. The number of rotatable bonds is 9. The standard InChI is InChI=1S/C17H36N4O2S.HI/c1-5-18-17(20-16(3)9-12-24(4,22)23)19-13-15(2)14-21-10-7-6-8-11-21;/h15-16H,5-14H2,1-4H3,(H2,18,19,20);1H. The Hall–Kier alpha value is -0.0900. The first-order valence-electron chi connectivity index (χ1n) is 9.25. The van der Waals surface area contributed by atoms with Crippen molar-refractivity contribution >= 4 is 39.8 Å². The first-order chi connectivity index (χ1) is 11.3. The van der Waals surface area contributed by atoms with E-state index in [1.54, 1.807) is 0 Å². The summed E-state index contributed by atoms with van der Waals surface area (Å²) in [6.45, 7) is 11.4. The molecule has 0 bridgehead atoms. The topological polar surface area (TPSA) is 73.8 Å². The van der Waals surface area contributed by atoms with Crippen molar-refractivity contribution in [3.05, 3.63) is 0 Å². The van der Waals surface area contributed by atoms with Crippen LogP contribution in [0, 0.1) is 5.92 Å². The van der Waals surface area contributed by atoms with Gasteiger partial charge in [-0.05, 0) is 52.1 Å². The van der Waals surface area contributed by atoms with Crippen molar-refractivity contribution in [1.82, 2.24) is 15.5 Å². The number of hydrogen-bond acceptors (Lipinski definition) is 4. The Morgan fingerprint density at radius 3 is 2.40 bits per heavy atom. The first kappa shape index (κ1) is 24.9. The van der Waals surface area contributed by atoms with Crippen molar-refractivity contribution in [1.29, 1.82) is 0 Å². The third-order valence-electron chi connectivity index (χ3n) is 4.23. The van der Waals surface area contributed by atoms with E-state index in [1.165, 1.54) is 38.6 Å². The van der Waals surface area contributed by atoms with Crippen molar-refractivity contribution in [2.45, 2.75) is 52.5 Å². The Bertz CT molecular complexity index is 479. The second-order valence-electron chi connectivity index (χ2n) is 7.15. The lowest BCUT2D eigenvalue weighted by Gasteiger charge is -2.28. The number of sulfone groups is 1. The minimum absolute atomic E-state index is 0. The van der Waals surface area contributed by atoms with Crippen molar-refractivity contribution in [3.8, 4) is 0 Å². The van der Waals surface area contributed by atoms with Crippen LogP contribution in [0.15, 0.2) is 4.99 Å². The van der Waals surface area contributed by atoms with Crippen LogP contribution >= 0.6 is 24.0 Å². The number of halogens is 1. The van der Waals surface area contributed by atoms with Crippen molar-refractivity contribution < 1.29 is 8.42 Å². The van der Waals surface area contributed by atoms with Crippen LogP contribution < -0.4 is 10.6 Å². The quantitative estimate of drug-likeness (QED) is 0.296. The van der Waals surface area contributed by atoms with E-state index < -0.39 is 9.84 Å². The highest BCUT2D eigenvalue weighted by atomic mass is 127. The maximum absolute atomic E-state index is 11.3. The molecule has 1 aliphatic heterocycles. The van der Waals surface area contributed by atoms with Gasteiger partial charge in [0.25, 0.3) is 0 Å². The fraction of sp³-hybridized carbons (Fsp3) is 0.941. The lowest BCUT2D eigenvalue weighted by Crippen LogP contribution is -2.43. The predicted octanol–water partition coefficient (Wildman–Crippen LogP) is 2.10. The summed E-state index contributed by atoms with van der Waals surface area (Å²) >= 11 is 0. The molecule has 1 heterocycles. The molecule has 1 aliphatic rings. The second-order valence-corrected chi connectivity index (χ2v) is 9.41. The average molecular weight is 488 g/mol. The number of piperidine rings is 1. The number of hydrogen-bond donors (Lipinski definition) is 2. The summed E-state index contributed by atoms with van der Waals surface area (Å²) in [5.74, 6) is 1.50. The van der Waals surface area contributed by atoms with Gasteiger partial charge in [0.2, 0.25) is 0 Å². The van der Waals surface area contributed by atoms with Gasteiger partial charge in [0.05, 0.1) is 5.75 Å². The van der Waals surface area contributed by atoms with E-state index in [4.69, 9.17) is 0 Å². The van der Waals surface area contributed by atoms with Gasteiger partial charge < -0.3 is 15.5 Å². The van der Waals surface area contributed by atoms with Gasteiger partial charge in [0.15, 0.2) is 5.96 Å². The number of likely N-dealkylation sites (tertiary alicyclic amines) is 1. The summed E-state index contributed by atoms with van der Waals surface area (Å²) < 4.78 is 22.5. The highest BCUT2D eigenvalue weighted by molar-refractivity contribution is 14.0. The van der Waals surface area contributed by atoms with Crippen LogP contribution in [0.5, 0.6) is 0 Å². The molecular weight excluding hydrogens is 451 g/mol. The van der Waals surface area contributed by atoms with Gasteiger partial charge in [-0.2, -0.15) is 0 Å². The van der Waals surface area contributed by atoms with E-state index in [0.717, 1.165) is 25.6 Å². The van der Waals surface area contributed by atoms with E-state index in [9.17, 15) is 8.42 Å². The summed E-state index contributed by atoms with van der Waals surface area (Å²) in [6.07, 6.45) is 5.87. The van der Waals surface area contributed by atoms with Crippen molar-refractivity contribution in [3.63, 3.8) is 0 Å². The van der Waals surface area contributed by atoms with Gasteiger partial charge in [-0.25, -0.2) is 8.42 Å². The Balaban J connectivity index is 0.00000576. The minimum atomic E-state index is -2.92. The van der Waals surface area contributed by atoms with Crippen LogP contribution in [0.3, 0.4) is 0 Å². The number of aliphatic imine (C=N–C) groups is 1. The van der Waals surface area contributed by atoms with Crippen LogP contribution in [0.4, 0.5) is 0 Å². The number of guanidine groups is 1. The minimum Gasteiger partial charge on any atom is -0.357 e. The van der Waals surface area contributed by atoms with Gasteiger partial charge in [-0.15, -0.1) is 24.0 Å². The third-order valence-corrected chi connectivity index (χ3v) is 5.21. The normalized spacial score (nSPS) is 19.0. The van der Waals surface area contributed by atoms with Gasteiger partial charge in [0, 0.05) is 31.9 Å². The van der Waals surface area contributed by atoms with Crippen molar-refractivity contribution in [2.24, 2.45) is 10.9 Å². The maximum atomic E-state index is 11.3. The van der Waals surface area contributed by atoms with E-state index in [2.05, 4.69) is 27.4 Å². The van der Waals surface area contributed by atoms with E-state index in [-0.39, 0.29) is 35.8 Å². The summed E-state index contributed by atoms with van der Waals surface area (Å²) in [7, 11) is -2.92. The zero-order chi connectivity index (χ0) is 18.0. The molecule has 0 spiro atoms. The summed E-state index contributed by atoms with van der Waals surface area (Å²) in [6, 6.07) is 0.0786. The lowest BCUT2D eigenvalue weighted by molar-refractivity contribution is 0.203. The summed E-state index contributed by atoms with van der Waals surface area (Å²) in [4.78, 5) is 7.22. The Morgan fingerprint density at radius 2 is 1.84 bits per heavy atom. The Morgan fingerprint density at radius 1 is 1.20 bits per heavy atom. The molecule has 1 saturated heterocycles. The molecule has 0 aromatic rings. The molecule has 1 fully saturated rings. The zero-order valence-electron chi connectivity index (χ0n) is 16.3. The van der Waals surface area contributed by atoms with Crippen LogP contribution in [-0.4, -0.2) is 70.1 Å². The Kier molecular flexibility index (Phi) is 13.1. The lowest BCUT2D eigenvalue weighted by atomic mass is 10.1. The van der Waals surface area contributed by atoms with E-state index in [1.807, 2.05) is 13.8 Å². The fourth-order valence-electron chi connectivity index (χ4n) is 2.90. The molecule has 25 heavy (non-hydrogen) atoms. The van der Waals surface area contributed by atoms with E-state index in [0.29, 0.717) is 12.3 Å². The van der Waals surface area contributed by atoms with Crippen LogP contribution in [0.1, 0.15) is 46.5 Å². The summed E-state index contributed by atoms with van der Waals surface area (Å²) in [5.41, 5.74) is 0. The molecule has 0 aromatic carbocycles. The molecule has 2 N–H and O–H groups in total. The molecule has 0 radical (unpaired) electrons. The molecular formula is C17H37IN4O2S. The van der Waals surface area contributed by atoms with E-state index >= 15 is 0 Å². The smallest absolute Gasteiger partial charge is 0.191 e. The van der Waals surface area contributed by atoms with Gasteiger partial charge in [0.1, 0.15) is 9.84 Å². The molecule has 0 aliphatic carbocycles. The molecule has 0 amide bonds. The maximum Gasteiger partial charge on any atom is 0.191 e. The molecule has 0 aromatic heterocycles. The highest BCUT2D eigenvalue weighted by Crippen LogP contribution is 2.11. The number of nitrogens with zero attached hydrogens (tertiary/aromatic N) is 2. The number of nitrogens with one attached hydrogen (secondary N) is 2. The SMILES string of the molecule is CCNC(=NCC(C)CN1CCCCC1)NC(C)CCS(C)(=O)=O.I. The first-order valence-corrected chi connectivity index (χ1v) is 11.3. The van der Waals surface area contributed by atoms with Crippen LogP contribution in [0.2, 0.25) is 0 Å². The second kappa shape index (κ2) is 13.1. The average Bonchev–Trinajstić information content (AvgIpc) is 2.51. The van der Waals surface area contributed by atoms with Crippen molar-refractivity contribution in [2.75, 3.05) is 44.7 Å². The molecule has 8 heteroatoms. The molecule has 1 rings (SSSR count). The molecule has 0 saturated carbocycles. The predicted molar refractivity (Wildman–Crippen MR) is 118 cm³/mol. The van der Waals surface area contributed by atoms with Gasteiger partial charge in [-0.3, -0.25) is 4.99 Å².